The van der Waals surface area contributed by atoms with Gasteiger partial charge >= 0.3 is 0 Å². The van der Waals surface area contributed by atoms with Crippen LogP contribution in [0.2, 0.25) is 0 Å². The highest BCUT2D eigenvalue weighted by molar-refractivity contribution is 7.00. The molecular formula is C107H74BN5. The average Bonchev–Trinajstić information content (AvgIpc) is 0.973. The van der Waals surface area contributed by atoms with E-state index < -0.39 is 0 Å². The van der Waals surface area contributed by atoms with E-state index >= 15 is 0 Å². The van der Waals surface area contributed by atoms with Gasteiger partial charge in [0.2, 0.25) is 0 Å². The molecule has 0 unspecified atom stereocenters. The Balaban J connectivity index is 0.957. The van der Waals surface area contributed by atoms with Gasteiger partial charge in [-0.3, -0.25) is 0 Å². The standard InChI is InChI=1S/C107H74BN5/c1-107(2,3)82-43-29-42-78(61-82)93-64-79(71-32-12-6-13-33-71)62-90(74-36-16-8-17-37-74)106(93)113-101-69-85(111-98-50-26-22-46-88(98)89-47-23-27-51-99(89)111)57-59-95(101)108-94-58-56-84(110-96-48-24-20-44-86(96)87-45-21-25-49-97(87)110)68-100(94)112(102-66-81(67-103(113)104(102)108)72-34-14-7-15-35-72)105-91(75-38-18-9-19-39-75)63-80(73-52-54-83(109-4)55-53-73)65-92(105)77-41-28-40-76(60-77)70-30-10-5-11-31-70/h5-69H,1-3H3. The minimum Gasteiger partial charge on any atom is -0.310 e. The lowest BCUT2D eigenvalue weighted by Crippen LogP contribution is -2.61. The molecule has 19 aromatic rings. The predicted octanol–water partition coefficient (Wildman–Crippen LogP) is 27.1. The monoisotopic (exact) mass is 1440 g/mol. The number of hydrogen-bond acceptors (Lipinski definition) is 2. The summed E-state index contributed by atoms with van der Waals surface area (Å²) in [4.78, 5) is 9.28. The maximum Gasteiger partial charge on any atom is 0.252 e. The van der Waals surface area contributed by atoms with Gasteiger partial charge in [0.15, 0.2) is 5.69 Å². The van der Waals surface area contributed by atoms with Crippen LogP contribution in [0.1, 0.15) is 26.3 Å². The topological polar surface area (TPSA) is 20.7 Å². The Morgan fingerprint density at radius 2 is 0.584 bits per heavy atom. The number of benzene rings is 17. The maximum atomic E-state index is 8.10. The van der Waals surface area contributed by atoms with Crippen LogP contribution in [0, 0.1) is 6.57 Å². The van der Waals surface area contributed by atoms with Crippen LogP contribution in [0.25, 0.3) is 149 Å². The Kier molecular flexibility index (Phi) is 15.9. The van der Waals surface area contributed by atoms with E-state index in [0.717, 1.165) is 157 Å². The molecule has 2 aliphatic rings. The number of nitrogens with zero attached hydrogens (tertiary/aromatic N) is 5. The lowest BCUT2D eigenvalue weighted by atomic mass is 9.33. The third kappa shape index (κ3) is 11.2. The fourth-order valence-corrected chi connectivity index (χ4v) is 18.1. The number of para-hydroxylation sites is 4. The molecule has 530 valence electrons. The quantitative estimate of drug-likeness (QED) is 0.0898. The molecule has 0 saturated carbocycles. The van der Waals surface area contributed by atoms with Gasteiger partial charge in [-0.05, 0) is 185 Å². The average molecular weight is 1440 g/mol. The second kappa shape index (κ2) is 27.0. The summed E-state index contributed by atoms with van der Waals surface area (Å²) in [5, 5.41) is 4.81. The largest absolute Gasteiger partial charge is 0.310 e. The van der Waals surface area contributed by atoms with Gasteiger partial charge in [-0.15, -0.1) is 0 Å². The minimum atomic E-state index is -0.330. The van der Waals surface area contributed by atoms with Crippen molar-refractivity contribution in [2.24, 2.45) is 0 Å². The molecule has 5 nitrogen and oxygen atoms in total. The molecule has 113 heavy (non-hydrogen) atoms. The van der Waals surface area contributed by atoms with Gasteiger partial charge in [-0.2, -0.15) is 0 Å². The van der Waals surface area contributed by atoms with Gasteiger partial charge in [0.1, 0.15) is 0 Å². The molecule has 0 spiro atoms. The zero-order valence-corrected chi connectivity index (χ0v) is 62.8. The van der Waals surface area contributed by atoms with Gasteiger partial charge in [0.05, 0.1) is 40.0 Å². The number of anilines is 6. The molecular weight excluding hydrogens is 1370 g/mol. The fraction of sp³-hybridized carbons (Fsp3) is 0.0374. The first-order chi connectivity index (χ1) is 55.6. The second-order valence-electron chi connectivity index (χ2n) is 31.0. The van der Waals surface area contributed by atoms with Crippen molar-refractivity contribution in [1.82, 2.24) is 9.13 Å². The summed E-state index contributed by atoms with van der Waals surface area (Å²) in [6, 6.07) is 147. The Hall–Kier alpha value is -14.5. The number of hydrogen-bond donors (Lipinski definition) is 0. The normalized spacial score (nSPS) is 12.3. The highest BCUT2D eigenvalue weighted by atomic mass is 15.2. The lowest BCUT2D eigenvalue weighted by Gasteiger charge is -2.46. The summed E-state index contributed by atoms with van der Waals surface area (Å²) in [5.41, 5.74) is 35.6. The molecule has 0 fully saturated rings. The molecule has 0 radical (unpaired) electrons. The first kappa shape index (κ1) is 66.7. The number of aromatic nitrogens is 2. The molecule has 0 N–H and O–H groups in total. The summed E-state index contributed by atoms with van der Waals surface area (Å²) in [6.45, 7) is 14.7. The zero-order valence-electron chi connectivity index (χ0n) is 62.8. The Morgan fingerprint density at radius 3 is 0.991 bits per heavy atom. The molecule has 0 amide bonds. The third-order valence-corrected chi connectivity index (χ3v) is 23.4. The van der Waals surface area contributed by atoms with Crippen LogP contribution in [0.15, 0.2) is 394 Å². The molecule has 2 aliphatic heterocycles. The summed E-state index contributed by atoms with van der Waals surface area (Å²) < 4.78 is 4.98. The summed E-state index contributed by atoms with van der Waals surface area (Å²) in [7, 11) is 0. The van der Waals surface area contributed by atoms with Gasteiger partial charge in [0, 0.05) is 77.9 Å². The summed E-state index contributed by atoms with van der Waals surface area (Å²) in [6.07, 6.45) is 0. The van der Waals surface area contributed by atoms with Crippen molar-refractivity contribution in [3.63, 3.8) is 0 Å². The Labute approximate surface area is 659 Å². The molecule has 0 saturated heterocycles. The highest BCUT2D eigenvalue weighted by Gasteiger charge is 2.46. The van der Waals surface area contributed by atoms with E-state index in [9.17, 15) is 0 Å². The van der Waals surface area contributed by atoms with Crippen LogP contribution in [0.3, 0.4) is 0 Å². The van der Waals surface area contributed by atoms with Crippen molar-refractivity contribution >= 4 is 107 Å². The van der Waals surface area contributed by atoms with Crippen LogP contribution in [-0.4, -0.2) is 15.8 Å². The van der Waals surface area contributed by atoms with Crippen molar-refractivity contribution in [3.8, 4) is 100 Å². The van der Waals surface area contributed by atoms with Crippen molar-refractivity contribution < 1.29 is 0 Å². The number of rotatable bonds is 12. The van der Waals surface area contributed by atoms with Crippen molar-refractivity contribution in [1.29, 1.82) is 0 Å². The van der Waals surface area contributed by atoms with Gasteiger partial charge in [0.25, 0.3) is 6.71 Å². The minimum absolute atomic E-state index is 0.166. The molecule has 2 aromatic heterocycles. The van der Waals surface area contributed by atoms with E-state index in [-0.39, 0.29) is 12.1 Å². The van der Waals surface area contributed by atoms with Crippen molar-refractivity contribution in [2.75, 3.05) is 9.80 Å². The van der Waals surface area contributed by atoms with Crippen LogP contribution < -0.4 is 26.2 Å². The molecule has 0 atom stereocenters. The van der Waals surface area contributed by atoms with Crippen LogP contribution in [-0.2, 0) is 5.41 Å². The zero-order chi connectivity index (χ0) is 75.4. The fourth-order valence-electron chi connectivity index (χ4n) is 18.1. The van der Waals surface area contributed by atoms with Crippen molar-refractivity contribution in [3.05, 3.63) is 411 Å². The van der Waals surface area contributed by atoms with E-state index in [1.165, 1.54) is 43.5 Å². The Bertz CT molecular complexity index is 6920. The van der Waals surface area contributed by atoms with Crippen LogP contribution in [0.4, 0.5) is 39.8 Å². The summed E-state index contributed by atoms with van der Waals surface area (Å²) >= 11 is 0. The smallest absolute Gasteiger partial charge is 0.252 e. The van der Waals surface area contributed by atoms with E-state index in [1.54, 1.807) is 0 Å². The molecule has 17 aromatic carbocycles. The predicted molar refractivity (Wildman–Crippen MR) is 478 cm³/mol. The van der Waals surface area contributed by atoms with E-state index in [2.05, 4.69) is 427 Å². The third-order valence-electron chi connectivity index (χ3n) is 23.4. The SMILES string of the molecule is [C-]#[N+]c1ccc(-c2cc(-c3ccccc3)c(N3c4cc(-n5c6ccccc6c6ccccc65)ccc4B4c5ccc(-n6c7ccccc7c7ccccc76)cc5N(c5c(-c6ccccc6)cc(-c6ccccc6)cc5-c5cccc(C(C)(C)C)c5)c5cc(-c6ccccc6)cc3c54)c(-c3cccc(-c4ccccc4)c3)c2)cc1. The van der Waals surface area contributed by atoms with Gasteiger partial charge in [-0.25, -0.2) is 4.85 Å². The molecule has 0 bridgehead atoms. The van der Waals surface area contributed by atoms with E-state index in [0.29, 0.717) is 5.69 Å². The summed E-state index contributed by atoms with van der Waals surface area (Å²) in [5.74, 6) is 0. The maximum absolute atomic E-state index is 8.10. The number of fused-ring (bicyclic) bond motifs is 10. The highest BCUT2D eigenvalue weighted by Crippen LogP contribution is 2.56. The lowest BCUT2D eigenvalue weighted by molar-refractivity contribution is 0.590. The Morgan fingerprint density at radius 1 is 0.257 bits per heavy atom. The first-order valence-electron chi connectivity index (χ1n) is 39.0. The van der Waals surface area contributed by atoms with Gasteiger partial charge < -0.3 is 18.9 Å². The first-order valence-corrected chi connectivity index (χ1v) is 39.0. The molecule has 21 rings (SSSR count). The second-order valence-corrected chi connectivity index (χ2v) is 31.0. The van der Waals surface area contributed by atoms with Crippen LogP contribution in [0.5, 0.6) is 0 Å². The van der Waals surface area contributed by atoms with Crippen molar-refractivity contribution in [2.45, 2.75) is 26.2 Å². The van der Waals surface area contributed by atoms with E-state index in [1.807, 2.05) is 12.1 Å². The van der Waals surface area contributed by atoms with Crippen LogP contribution >= 0.6 is 0 Å². The van der Waals surface area contributed by atoms with E-state index in [4.69, 9.17) is 6.57 Å². The molecule has 0 aliphatic carbocycles. The molecule has 4 heterocycles. The van der Waals surface area contributed by atoms with Gasteiger partial charge in [-0.1, -0.05) is 324 Å². The molecule has 6 heteroatoms.